The Bertz CT molecular complexity index is 1280. The number of ether oxygens (including phenoxy) is 3. The Morgan fingerprint density at radius 1 is 1.03 bits per heavy atom. The van der Waals surface area contributed by atoms with E-state index in [4.69, 9.17) is 14.2 Å². The second kappa shape index (κ2) is 11.3. The molecule has 3 unspecified atom stereocenters. The number of Topliss-reactive ketones (excluding diaryl/α,β-unsaturated/α-hetero) is 1. The maximum Gasteiger partial charge on any atom is 0.336 e. The summed E-state index contributed by atoms with van der Waals surface area (Å²) < 4.78 is 16.9. The molecule has 0 aromatic heterocycles. The van der Waals surface area contributed by atoms with Gasteiger partial charge in [0.15, 0.2) is 5.78 Å². The minimum Gasteiger partial charge on any atom is -0.497 e. The van der Waals surface area contributed by atoms with Gasteiger partial charge in [0.2, 0.25) is 0 Å². The minimum absolute atomic E-state index is 0.157. The zero-order valence-electron chi connectivity index (χ0n) is 21.3. The van der Waals surface area contributed by atoms with Crippen LogP contribution in [0.15, 0.2) is 75.5 Å². The van der Waals surface area contributed by atoms with Crippen molar-refractivity contribution in [2.75, 3.05) is 20.3 Å². The number of hydrogen-bond donors (Lipinski definition) is 1. The SMILES string of the molecule is CCOC(=O)C1=C(C)NC2=C(C(=O)C(C(=O)OCC)C(c3ccc(OC)cc3)C2)C1c1cccc(Br)c1. The van der Waals surface area contributed by atoms with Crippen molar-refractivity contribution in [2.45, 2.75) is 39.0 Å². The largest absolute Gasteiger partial charge is 0.497 e. The van der Waals surface area contributed by atoms with Crippen molar-refractivity contribution >= 4 is 33.7 Å². The molecule has 37 heavy (non-hydrogen) atoms. The summed E-state index contributed by atoms with van der Waals surface area (Å²) in [4.78, 5) is 40.7. The number of carbonyl (C=O) groups excluding carboxylic acids is 3. The van der Waals surface area contributed by atoms with Crippen LogP contribution in [0.4, 0.5) is 0 Å². The lowest BCUT2D eigenvalue weighted by atomic mass is 9.67. The van der Waals surface area contributed by atoms with Crippen LogP contribution in [0, 0.1) is 5.92 Å². The number of hydrogen-bond acceptors (Lipinski definition) is 7. The first-order valence-electron chi connectivity index (χ1n) is 12.3. The van der Waals surface area contributed by atoms with Gasteiger partial charge in [0.1, 0.15) is 11.7 Å². The monoisotopic (exact) mass is 567 g/mol. The van der Waals surface area contributed by atoms with E-state index < -0.39 is 29.7 Å². The normalized spacial score (nSPS) is 21.2. The average Bonchev–Trinajstić information content (AvgIpc) is 2.88. The molecule has 1 aliphatic carbocycles. The zero-order valence-corrected chi connectivity index (χ0v) is 22.9. The second-order valence-electron chi connectivity index (χ2n) is 8.94. The van der Waals surface area contributed by atoms with Gasteiger partial charge in [0.05, 0.1) is 25.9 Å². The van der Waals surface area contributed by atoms with Crippen LogP contribution >= 0.6 is 15.9 Å². The highest BCUT2D eigenvalue weighted by molar-refractivity contribution is 9.10. The Kier molecular flexibility index (Phi) is 8.17. The number of rotatable bonds is 7. The molecule has 0 amide bonds. The van der Waals surface area contributed by atoms with Crippen molar-refractivity contribution in [2.24, 2.45) is 5.92 Å². The predicted molar refractivity (Wildman–Crippen MR) is 142 cm³/mol. The third-order valence-electron chi connectivity index (χ3n) is 6.78. The summed E-state index contributed by atoms with van der Waals surface area (Å²) in [6.07, 6.45) is 0.398. The predicted octanol–water partition coefficient (Wildman–Crippen LogP) is 5.17. The van der Waals surface area contributed by atoms with E-state index in [-0.39, 0.29) is 19.0 Å². The number of carbonyl (C=O) groups is 3. The van der Waals surface area contributed by atoms with Crippen molar-refractivity contribution in [3.8, 4) is 5.75 Å². The Morgan fingerprint density at radius 2 is 1.73 bits per heavy atom. The van der Waals surface area contributed by atoms with Gasteiger partial charge in [0.25, 0.3) is 0 Å². The summed E-state index contributed by atoms with van der Waals surface area (Å²) in [6.45, 7) is 5.63. The van der Waals surface area contributed by atoms with Crippen molar-refractivity contribution < 1.29 is 28.6 Å². The molecule has 7 nitrogen and oxygen atoms in total. The maximum absolute atomic E-state index is 14.3. The van der Waals surface area contributed by atoms with Gasteiger partial charge in [-0.25, -0.2) is 4.79 Å². The van der Waals surface area contributed by atoms with Gasteiger partial charge in [-0.2, -0.15) is 0 Å². The van der Waals surface area contributed by atoms with E-state index in [0.717, 1.165) is 15.6 Å². The molecule has 0 saturated heterocycles. The summed E-state index contributed by atoms with van der Waals surface area (Å²) in [5, 5.41) is 3.32. The van der Waals surface area contributed by atoms with Gasteiger partial charge in [-0.05, 0) is 62.6 Å². The first-order chi connectivity index (χ1) is 17.8. The van der Waals surface area contributed by atoms with Crippen LogP contribution in [0.25, 0.3) is 0 Å². The molecule has 2 aromatic rings. The minimum atomic E-state index is -1.05. The molecule has 0 saturated carbocycles. The quantitative estimate of drug-likeness (QED) is 0.364. The summed E-state index contributed by atoms with van der Waals surface area (Å²) in [5.41, 5.74) is 3.66. The number of dihydropyridines is 1. The summed E-state index contributed by atoms with van der Waals surface area (Å²) in [7, 11) is 1.59. The molecule has 8 heteroatoms. The molecule has 0 spiro atoms. The van der Waals surface area contributed by atoms with E-state index in [0.29, 0.717) is 34.7 Å². The van der Waals surface area contributed by atoms with E-state index in [2.05, 4.69) is 21.2 Å². The van der Waals surface area contributed by atoms with Crippen LogP contribution < -0.4 is 10.1 Å². The smallest absolute Gasteiger partial charge is 0.336 e. The van der Waals surface area contributed by atoms with E-state index in [9.17, 15) is 14.4 Å². The number of nitrogens with one attached hydrogen (secondary N) is 1. The standard InChI is InChI=1S/C29H30BrNO6/c1-5-36-28(33)23-16(3)31-22-15-21(17-10-12-20(35-4)13-11-17)25(29(34)37-6-2)27(32)26(22)24(23)18-8-7-9-19(30)14-18/h7-14,21,24-25,31H,5-6,15H2,1-4H3. The van der Waals surface area contributed by atoms with Crippen LogP contribution in [0.5, 0.6) is 5.75 Å². The zero-order chi connectivity index (χ0) is 26.7. The molecule has 0 fully saturated rings. The Hall–Kier alpha value is -3.39. The Morgan fingerprint density at radius 3 is 2.35 bits per heavy atom. The Balaban J connectivity index is 1.88. The molecule has 4 rings (SSSR count). The molecule has 194 valence electrons. The molecular formula is C29H30BrNO6. The van der Waals surface area contributed by atoms with E-state index in [1.165, 1.54) is 0 Å². The Labute approximate surface area is 225 Å². The fourth-order valence-electron chi connectivity index (χ4n) is 5.20. The molecule has 0 bridgehead atoms. The van der Waals surface area contributed by atoms with Crippen molar-refractivity contribution in [1.29, 1.82) is 0 Å². The van der Waals surface area contributed by atoms with Crippen LogP contribution in [0.3, 0.4) is 0 Å². The van der Waals surface area contributed by atoms with Crippen molar-refractivity contribution in [3.05, 3.63) is 86.7 Å². The summed E-state index contributed by atoms with van der Waals surface area (Å²) in [6, 6.07) is 14.9. The average molecular weight is 568 g/mol. The maximum atomic E-state index is 14.3. The third-order valence-corrected chi connectivity index (χ3v) is 7.27. The van der Waals surface area contributed by atoms with Gasteiger partial charge in [-0.3, -0.25) is 9.59 Å². The molecular weight excluding hydrogens is 538 g/mol. The first kappa shape index (κ1) is 26.7. The number of allylic oxidation sites excluding steroid dienone is 3. The first-order valence-corrected chi connectivity index (χ1v) is 13.1. The van der Waals surface area contributed by atoms with Crippen LogP contribution in [-0.4, -0.2) is 38.0 Å². The number of benzene rings is 2. The van der Waals surface area contributed by atoms with Gasteiger partial charge in [0, 0.05) is 33.3 Å². The van der Waals surface area contributed by atoms with E-state index in [1.807, 2.05) is 55.5 Å². The van der Waals surface area contributed by atoms with Crippen molar-refractivity contribution in [1.82, 2.24) is 5.32 Å². The lowest BCUT2D eigenvalue weighted by Gasteiger charge is -2.39. The van der Waals surface area contributed by atoms with Crippen molar-refractivity contribution in [3.63, 3.8) is 0 Å². The molecule has 2 aromatic carbocycles. The molecule has 1 heterocycles. The lowest BCUT2D eigenvalue weighted by Crippen LogP contribution is -2.43. The van der Waals surface area contributed by atoms with Crippen LogP contribution in [0.1, 0.15) is 50.2 Å². The molecule has 2 aliphatic rings. The number of halogens is 1. The lowest BCUT2D eigenvalue weighted by molar-refractivity contribution is -0.152. The number of methoxy groups -OCH3 is 1. The topological polar surface area (TPSA) is 90.9 Å². The van der Waals surface area contributed by atoms with Crippen LogP contribution in [0.2, 0.25) is 0 Å². The van der Waals surface area contributed by atoms with Gasteiger partial charge >= 0.3 is 11.9 Å². The van der Waals surface area contributed by atoms with E-state index in [1.54, 1.807) is 21.0 Å². The summed E-state index contributed by atoms with van der Waals surface area (Å²) in [5.74, 6) is -2.92. The third kappa shape index (κ3) is 5.21. The van der Waals surface area contributed by atoms with Crippen LogP contribution in [-0.2, 0) is 23.9 Å². The summed E-state index contributed by atoms with van der Waals surface area (Å²) >= 11 is 3.51. The van der Waals surface area contributed by atoms with Gasteiger partial charge in [-0.15, -0.1) is 0 Å². The number of ketones is 1. The highest BCUT2D eigenvalue weighted by Gasteiger charge is 2.49. The highest BCUT2D eigenvalue weighted by atomic mass is 79.9. The van der Waals surface area contributed by atoms with Gasteiger partial charge in [-0.1, -0.05) is 40.2 Å². The fraction of sp³-hybridized carbons (Fsp3) is 0.345. The molecule has 1 N–H and O–H groups in total. The molecule has 3 atom stereocenters. The second-order valence-corrected chi connectivity index (χ2v) is 9.86. The number of esters is 2. The van der Waals surface area contributed by atoms with E-state index >= 15 is 0 Å². The molecule has 0 radical (unpaired) electrons. The molecule has 1 aliphatic heterocycles. The highest BCUT2D eigenvalue weighted by Crippen LogP contribution is 2.48. The fourth-order valence-corrected chi connectivity index (χ4v) is 5.62. The van der Waals surface area contributed by atoms with Gasteiger partial charge < -0.3 is 19.5 Å².